The van der Waals surface area contributed by atoms with Gasteiger partial charge in [-0.05, 0) is 29.5 Å². The highest BCUT2D eigenvalue weighted by molar-refractivity contribution is 7.52. The lowest BCUT2D eigenvalue weighted by Crippen LogP contribution is -2.56. The molecule has 0 aromatic carbocycles. The summed E-state index contributed by atoms with van der Waals surface area (Å²) in [5.74, 6) is 0. The van der Waals surface area contributed by atoms with Crippen LogP contribution in [0.2, 0.25) is 0 Å². The molecular weight excluding hydrogens is 338 g/mol. The van der Waals surface area contributed by atoms with Gasteiger partial charge in [-0.15, -0.1) is 0 Å². The quantitative estimate of drug-likeness (QED) is 0.374. The van der Waals surface area contributed by atoms with Crippen LogP contribution in [0.5, 0.6) is 0 Å². The number of carbonyl (C=O) groups is 1. The van der Waals surface area contributed by atoms with Crippen molar-refractivity contribution in [2.45, 2.75) is 57.1 Å². The van der Waals surface area contributed by atoms with Gasteiger partial charge in [0, 0.05) is 0 Å². The van der Waals surface area contributed by atoms with Gasteiger partial charge in [-0.2, -0.15) is 0 Å². The zero-order valence-corrected chi connectivity index (χ0v) is 14.3. The molecule has 1 aliphatic rings. The van der Waals surface area contributed by atoms with Gasteiger partial charge >= 0.3 is 13.3 Å². The van der Waals surface area contributed by atoms with E-state index in [1.165, 1.54) is 13.8 Å². The molecule has 0 radical (unpaired) electrons. The van der Waals surface area contributed by atoms with Gasteiger partial charge in [-0.3, -0.25) is 9.09 Å². The Hall–Kier alpha value is -0.110. The summed E-state index contributed by atoms with van der Waals surface area (Å²) < 4.78 is 26.5. The van der Waals surface area contributed by atoms with Crippen LogP contribution in [0.4, 0.5) is 4.79 Å². The molecule has 3 unspecified atom stereocenters. The maximum Gasteiger partial charge on any atom is 0.331 e. The molecular formula is C11H22O9P2. The molecule has 4 N–H and O–H groups in total. The predicted octanol–water partition coefficient (Wildman–Crippen LogP) is -0.194. The molecule has 0 amide bonds. The highest BCUT2D eigenvalue weighted by Crippen LogP contribution is 2.45. The smallest absolute Gasteiger partial charge is 0.331 e. The molecule has 0 saturated carbocycles. The van der Waals surface area contributed by atoms with Crippen molar-refractivity contribution in [2.75, 3.05) is 6.16 Å². The Balaban J connectivity index is 2.53. The maximum atomic E-state index is 11.9. The van der Waals surface area contributed by atoms with Gasteiger partial charge in [-0.25, -0.2) is 4.79 Å². The van der Waals surface area contributed by atoms with Gasteiger partial charge in [-0.1, -0.05) is 0 Å². The molecule has 0 bridgehead atoms. The van der Waals surface area contributed by atoms with Crippen LogP contribution in [0.1, 0.15) is 20.3 Å². The summed E-state index contributed by atoms with van der Waals surface area (Å²) >= 11 is 0. The topological polar surface area (TPSA) is 143 Å². The van der Waals surface area contributed by atoms with Crippen LogP contribution in [0.15, 0.2) is 0 Å². The molecule has 11 heteroatoms. The molecule has 22 heavy (non-hydrogen) atoms. The Labute approximate surface area is 130 Å². The van der Waals surface area contributed by atoms with Crippen LogP contribution in [-0.4, -0.2) is 68.9 Å². The molecule has 0 spiro atoms. The summed E-state index contributed by atoms with van der Waals surface area (Å²) in [6.45, 7) is 2.81. The van der Waals surface area contributed by atoms with E-state index >= 15 is 0 Å². The third kappa shape index (κ3) is 5.83. The van der Waals surface area contributed by atoms with E-state index in [9.17, 15) is 29.6 Å². The minimum absolute atomic E-state index is 0.0788. The van der Waals surface area contributed by atoms with Gasteiger partial charge < -0.3 is 29.7 Å². The summed E-state index contributed by atoms with van der Waals surface area (Å²) in [4.78, 5) is 20.4. The number of ether oxygens (including phenoxy) is 2. The Morgan fingerprint density at radius 1 is 1.32 bits per heavy atom. The lowest BCUT2D eigenvalue weighted by atomic mass is 9.94. The summed E-state index contributed by atoms with van der Waals surface area (Å²) in [7, 11) is -2.33. The first-order valence-electron chi connectivity index (χ1n) is 6.69. The van der Waals surface area contributed by atoms with Gasteiger partial charge in [0.15, 0.2) is 0 Å². The first kappa shape index (κ1) is 19.9. The largest absolute Gasteiger partial charge is 0.433 e. The molecule has 0 aromatic heterocycles. The number of carbonyl (C=O) groups excluding carboxylic acids is 1. The predicted molar refractivity (Wildman–Crippen MR) is 78.4 cm³/mol. The lowest BCUT2D eigenvalue weighted by Gasteiger charge is -2.39. The van der Waals surface area contributed by atoms with Crippen molar-refractivity contribution < 1.29 is 43.6 Å². The monoisotopic (exact) mass is 360 g/mol. The molecule has 1 heterocycles. The number of aliphatic hydroxyl groups excluding tert-OH is 3. The summed E-state index contributed by atoms with van der Waals surface area (Å²) in [5.41, 5.74) is -0.732. The van der Waals surface area contributed by atoms with Crippen molar-refractivity contribution in [3.63, 3.8) is 0 Å². The van der Waals surface area contributed by atoms with Crippen LogP contribution in [0.3, 0.4) is 0 Å². The van der Waals surface area contributed by atoms with E-state index in [4.69, 9.17) is 9.26 Å². The van der Waals surface area contributed by atoms with Crippen molar-refractivity contribution in [3.05, 3.63) is 0 Å². The standard InChI is InChI=1S/C11H22O9P2/c1-5-8(12)10(14)9(13)7(18-5)3-4-22(16,17)20-6(2)19-11(15)21/h5-10,12-14H,3-4,21H2,1-2H3,(H,16,17)/t5-,6?,7-,8-,9-,10-/m1/s1. The zero-order chi connectivity index (χ0) is 17.1. The molecule has 0 aromatic rings. The average Bonchev–Trinajstić information content (AvgIpc) is 2.37. The van der Waals surface area contributed by atoms with Crippen molar-refractivity contribution in [1.82, 2.24) is 0 Å². The fraction of sp³-hybridized carbons (Fsp3) is 0.909. The first-order chi connectivity index (χ1) is 10.0. The van der Waals surface area contributed by atoms with Crippen LogP contribution in [0.25, 0.3) is 0 Å². The molecule has 1 fully saturated rings. The minimum Gasteiger partial charge on any atom is -0.433 e. The van der Waals surface area contributed by atoms with Crippen LogP contribution in [-0.2, 0) is 18.6 Å². The van der Waals surface area contributed by atoms with E-state index < -0.39 is 50.1 Å². The Kier molecular flexibility index (Phi) is 7.36. The summed E-state index contributed by atoms with van der Waals surface area (Å²) in [6.07, 6.45) is -7.31. The van der Waals surface area contributed by atoms with E-state index in [0.717, 1.165) is 0 Å². The van der Waals surface area contributed by atoms with Crippen molar-refractivity contribution in [2.24, 2.45) is 0 Å². The number of rotatable bonds is 6. The van der Waals surface area contributed by atoms with E-state index in [2.05, 4.69) is 4.74 Å². The van der Waals surface area contributed by atoms with Crippen LogP contribution in [0, 0.1) is 0 Å². The molecule has 9 nitrogen and oxygen atoms in total. The Morgan fingerprint density at radius 3 is 2.45 bits per heavy atom. The molecule has 130 valence electrons. The van der Waals surface area contributed by atoms with Crippen LogP contribution >= 0.6 is 16.8 Å². The van der Waals surface area contributed by atoms with Gasteiger partial charge in [0.1, 0.15) is 18.3 Å². The van der Waals surface area contributed by atoms with Crippen molar-refractivity contribution in [3.8, 4) is 0 Å². The molecule has 1 rings (SSSR count). The third-order valence-corrected chi connectivity index (χ3v) is 4.83. The number of hydrogen-bond donors (Lipinski definition) is 4. The van der Waals surface area contributed by atoms with E-state index in [1.54, 1.807) is 9.24 Å². The Morgan fingerprint density at radius 2 is 1.91 bits per heavy atom. The molecule has 1 saturated heterocycles. The maximum absolute atomic E-state index is 11.9. The summed E-state index contributed by atoms with van der Waals surface area (Å²) in [6, 6.07) is 0. The normalized spacial score (nSPS) is 36.4. The molecule has 8 atom stereocenters. The highest BCUT2D eigenvalue weighted by Gasteiger charge is 2.42. The van der Waals surface area contributed by atoms with E-state index in [1.807, 2.05) is 0 Å². The Bertz CT molecular complexity index is 432. The van der Waals surface area contributed by atoms with Crippen LogP contribution < -0.4 is 0 Å². The fourth-order valence-electron chi connectivity index (χ4n) is 2.14. The lowest BCUT2D eigenvalue weighted by molar-refractivity contribution is -0.217. The van der Waals surface area contributed by atoms with Gasteiger partial charge in [0.05, 0.1) is 18.4 Å². The second-order valence-electron chi connectivity index (χ2n) is 5.11. The van der Waals surface area contributed by atoms with E-state index in [-0.39, 0.29) is 12.6 Å². The highest BCUT2D eigenvalue weighted by atomic mass is 31.2. The zero-order valence-electron chi connectivity index (χ0n) is 12.2. The first-order valence-corrected chi connectivity index (χ1v) is 9.03. The van der Waals surface area contributed by atoms with Gasteiger partial charge in [0.25, 0.3) is 0 Å². The summed E-state index contributed by atoms with van der Waals surface area (Å²) in [5, 5.41) is 29.0. The SMILES string of the molecule is CC(OC(=O)P)OP(=O)(O)CC[C@H]1O[C@H](C)[C@@H](O)[C@@H](O)[C@@H]1O. The third-order valence-electron chi connectivity index (χ3n) is 3.24. The number of aliphatic hydroxyl groups is 3. The second kappa shape index (κ2) is 8.13. The fourth-order valence-corrected chi connectivity index (χ4v) is 3.52. The molecule has 0 aliphatic carbocycles. The second-order valence-corrected chi connectivity index (χ2v) is 7.52. The number of hydrogen-bond acceptors (Lipinski definition) is 8. The van der Waals surface area contributed by atoms with E-state index in [0.29, 0.717) is 0 Å². The average molecular weight is 360 g/mol. The molecule has 1 aliphatic heterocycles. The van der Waals surface area contributed by atoms with Gasteiger partial charge in [0.2, 0.25) is 6.29 Å². The van der Waals surface area contributed by atoms with Crippen molar-refractivity contribution >= 4 is 22.5 Å². The minimum atomic E-state index is -4.07. The van der Waals surface area contributed by atoms with Crippen molar-refractivity contribution in [1.29, 1.82) is 0 Å².